The molecule has 0 saturated carbocycles. The number of nitrogens with one attached hydrogen (secondary N) is 1. The van der Waals surface area contributed by atoms with E-state index in [2.05, 4.69) is 5.32 Å². The molecule has 90 valence electrons. The normalized spacial score (nSPS) is 9.69. The molecule has 1 aromatic carbocycles. The van der Waals surface area contributed by atoms with Crippen LogP contribution in [0, 0.1) is 0 Å². The van der Waals surface area contributed by atoms with Crippen molar-refractivity contribution in [1.29, 1.82) is 0 Å². The summed E-state index contributed by atoms with van der Waals surface area (Å²) in [6.45, 7) is 1.48. The van der Waals surface area contributed by atoms with Crippen LogP contribution < -0.4 is 11.1 Å². The summed E-state index contributed by atoms with van der Waals surface area (Å²) in [5.74, 6) is -0.0585. The van der Waals surface area contributed by atoms with Crippen LogP contribution >= 0.6 is 12.4 Å². The molecule has 16 heavy (non-hydrogen) atoms. The third-order valence-corrected chi connectivity index (χ3v) is 2.02. The van der Waals surface area contributed by atoms with Gasteiger partial charge in [0.1, 0.15) is 0 Å². The molecule has 0 aliphatic heterocycles. The lowest BCUT2D eigenvalue weighted by Gasteiger charge is -2.10. The molecule has 0 radical (unpaired) electrons. The highest BCUT2D eigenvalue weighted by Gasteiger charge is 2.03. The lowest BCUT2D eigenvalue weighted by atomic mass is 10.2. The maximum absolute atomic E-state index is 11.6. The van der Waals surface area contributed by atoms with Crippen LogP contribution in [-0.4, -0.2) is 38.0 Å². The maximum Gasteiger partial charge on any atom is 0.251 e. The molecule has 0 atom stereocenters. The highest BCUT2D eigenvalue weighted by atomic mass is 35.5. The predicted molar refractivity (Wildman–Crippen MR) is 69.0 cm³/mol. The summed E-state index contributed by atoms with van der Waals surface area (Å²) in [6, 6.07) is 6.89. The average molecular weight is 244 g/mol. The van der Waals surface area contributed by atoms with Crippen molar-refractivity contribution < 1.29 is 4.79 Å². The van der Waals surface area contributed by atoms with E-state index in [4.69, 9.17) is 5.73 Å². The van der Waals surface area contributed by atoms with E-state index >= 15 is 0 Å². The number of hydrogen-bond donors (Lipinski definition) is 2. The van der Waals surface area contributed by atoms with Gasteiger partial charge in [0.15, 0.2) is 0 Å². The number of halogens is 1. The first kappa shape index (κ1) is 14.7. The van der Waals surface area contributed by atoms with Gasteiger partial charge in [-0.2, -0.15) is 0 Å². The number of rotatable bonds is 4. The summed E-state index contributed by atoms with van der Waals surface area (Å²) >= 11 is 0. The second-order valence-corrected chi connectivity index (χ2v) is 3.68. The zero-order valence-corrected chi connectivity index (χ0v) is 10.4. The highest BCUT2D eigenvalue weighted by Crippen LogP contribution is 2.04. The minimum atomic E-state index is -0.0585. The van der Waals surface area contributed by atoms with Crippen LogP contribution in [0.15, 0.2) is 24.3 Å². The molecule has 0 aromatic heterocycles. The van der Waals surface area contributed by atoms with Crippen LogP contribution in [0.5, 0.6) is 0 Å². The van der Waals surface area contributed by atoms with Gasteiger partial charge in [-0.3, -0.25) is 4.79 Å². The molecule has 0 heterocycles. The number of nitrogen functional groups attached to an aromatic ring is 1. The van der Waals surface area contributed by atoms with E-state index < -0.39 is 0 Å². The first-order chi connectivity index (χ1) is 7.09. The SMILES string of the molecule is CN(C)CCNC(=O)c1ccc(N)cc1.Cl. The van der Waals surface area contributed by atoms with Gasteiger partial charge in [0, 0.05) is 24.3 Å². The zero-order valence-electron chi connectivity index (χ0n) is 9.56. The van der Waals surface area contributed by atoms with Gasteiger partial charge in [-0.15, -0.1) is 12.4 Å². The molecule has 0 aliphatic rings. The van der Waals surface area contributed by atoms with Gasteiger partial charge < -0.3 is 16.0 Å². The fourth-order valence-corrected chi connectivity index (χ4v) is 1.13. The summed E-state index contributed by atoms with van der Waals surface area (Å²) in [6.07, 6.45) is 0. The lowest BCUT2D eigenvalue weighted by Crippen LogP contribution is -2.31. The Bertz CT molecular complexity index is 325. The van der Waals surface area contributed by atoms with E-state index in [0.29, 0.717) is 17.8 Å². The fraction of sp³-hybridized carbons (Fsp3) is 0.364. The Balaban J connectivity index is 0.00000225. The van der Waals surface area contributed by atoms with Gasteiger partial charge in [-0.1, -0.05) is 0 Å². The summed E-state index contributed by atoms with van der Waals surface area (Å²) in [4.78, 5) is 13.6. The van der Waals surface area contributed by atoms with Crippen molar-refractivity contribution in [3.05, 3.63) is 29.8 Å². The van der Waals surface area contributed by atoms with E-state index in [9.17, 15) is 4.79 Å². The molecule has 1 rings (SSSR count). The number of carbonyl (C=O) groups is 1. The van der Waals surface area contributed by atoms with Gasteiger partial charge in [-0.25, -0.2) is 0 Å². The summed E-state index contributed by atoms with van der Waals surface area (Å²) in [7, 11) is 3.94. The van der Waals surface area contributed by atoms with Crippen molar-refractivity contribution >= 4 is 24.0 Å². The van der Waals surface area contributed by atoms with Gasteiger partial charge in [-0.05, 0) is 38.4 Å². The number of carbonyl (C=O) groups excluding carboxylic acids is 1. The Hall–Kier alpha value is -1.26. The molecular formula is C11H18ClN3O. The van der Waals surface area contributed by atoms with Crippen LogP contribution in [0.4, 0.5) is 5.69 Å². The number of amides is 1. The molecule has 5 heteroatoms. The largest absolute Gasteiger partial charge is 0.399 e. The minimum Gasteiger partial charge on any atom is -0.399 e. The zero-order chi connectivity index (χ0) is 11.3. The Morgan fingerprint density at radius 1 is 1.31 bits per heavy atom. The maximum atomic E-state index is 11.6. The summed E-state index contributed by atoms with van der Waals surface area (Å²) in [5.41, 5.74) is 6.84. The quantitative estimate of drug-likeness (QED) is 0.776. The van der Waals surface area contributed by atoms with Crippen LogP contribution in [0.3, 0.4) is 0 Å². The van der Waals surface area contributed by atoms with E-state index in [1.165, 1.54) is 0 Å². The van der Waals surface area contributed by atoms with E-state index in [1.807, 2.05) is 19.0 Å². The molecule has 0 aliphatic carbocycles. The van der Waals surface area contributed by atoms with Crippen molar-refractivity contribution in [3.8, 4) is 0 Å². The summed E-state index contributed by atoms with van der Waals surface area (Å²) in [5, 5.41) is 2.83. The molecule has 1 amide bonds. The molecule has 0 bridgehead atoms. The second-order valence-electron chi connectivity index (χ2n) is 3.68. The molecule has 0 spiro atoms. The lowest BCUT2D eigenvalue weighted by molar-refractivity contribution is 0.0951. The van der Waals surface area contributed by atoms with Crippen molar-refractivity contribution in [2.24, 2.45) is 0 Å². The molecule has 0 saturated heterocycles. The van der Waals surface area contributed by atoms with Gasteiger partial charge in [0.05, 0.1) is 0 Å². The van der Waals surface area contributed by atoms with Crippen molar-refractivity contribution in [2.45, 2.75) is 0 Å². The topological polar surface area (TPSA) is 58.4 Å². The minimum absolute atomic E-state index is 0. The fourth-order valence-electron chi connectivity index (χ4n) is 1.13. The smallest absolute Gasteiger partial charge is 0.251 e. The second kappa shape index (κ2) is 7.09. The number of nitrogens with two attached hydrogens (primary N) is 1. The van der Waals surface area contributed by atoms with Crippen molar-refractivity contribution in [1.82, 2.24) is 10.2 Å². The molecule has 0 fully saturated rings. The molecule has 0 unspecified atom stereocenters. The standard InChI is InChI=1S/C11H17N3O.ClH/c1-14(2)8-7-13-11(15)9-3-5-10(12)6-4-9;/h3-6H,7-8,12H2,1-2H3,(H,13,15);1H. The molecule has 4 nitrogen and oxygen atoms in total. The Morgan fingerprint density at radius 3 is 2.38 bits per heavy atom. The number of nitrogens with zero attached hydrogens (tertiary/aromatic N) is 1. The van der Waals surface area contributed by atoms with E-state index in [0.717, 1.165) is 6.54 Å². The molecule has 3 N–H and O–H groups in total. The van der Waals surface area contributed by atoms with Crippen LogP contribution in [0.25, 0.3) is 0 Å². The predicted octanol–water partition coefficient (Wildman–Crippen LogP) is 0.982. The first-order valence-corrected chi connectivity index (χ1v) is 4.88. The van der Waals surface area contributed by atoms with Crippen molar-refractivity contribution in [2.75, 3.05) is 32.9 Å². The van der Waals surface area contributed by atoms with Crippen LogP contribution in [0.1, 0.15) is 10.4 Å². The van der Waals surface area contributed by atoms with Gasteiger partial charge >= 0.3 is 0 Å². The van der Waals surface area contributed by atoms with Crippen LogP contribution in [-0.2, 0) is 0 Å². The third-order valence-electron chi connectivity index (χ3n) is 2.02. The number of anilines is 1. The Morgan fingerprint density at radius 2 is 1.88 bits per heavy atom. The monoisotopic (exact) mass is 243 g/mol. The third kappa shape index (κ3) is 5.00. The number of hydrogen-bond acceptors (Lipinski definition) is 3. The highest BCUT2D eigenvalue weighted by molar-refractivity contribution is 5.94. The van der Waals surface area contributed by atoms with Gasteiger partial charge in [0.2, 0.25) is 0 Å². The molecule has 1 aromatic rings. The van der Waals surface area contributed by atoms with Crippen LogP contribution in [0.2, 0.25) is 0 Å². The van der Waals surface area contributed by atoms with Crippen molar-refractivity contribution in [3.63, 3.8) is 0 Å². The number of benzene rings is 1. The van der Waals surface area contributed by atoms with Gasteiger partial charge in [0.25, 0.3) is 5.91 Å². The Labute approximate surface area is 102 Å². The van der Waals surface area contributed by atoms with E-state index in [1.54, 1.807) is 24.3 Å². The summed E-state index contributed by atoms with van der Waals surface area (Å²) < 4.78 is 0. The Kier molecular flexibility index (Phi) is 6.53. The average Bonchev–Trinajstić information content (AvgIpc) is 2.18. The van der Waals surface area contributed by atoms with E-state index in [-0.39, 0.29) is 18.3 Å². The molecular weight excluding hydrogens is 226 g/mol. The first-order valence-electron chi connectivity index (χ1n) is 4.88. The number of likely N-dealkylation sites (N-methyl/N-ethyl adjacent to an activating group) is 1.